The molecule has 0 atom stereocenters. The van der Waals surface area contributed by atoms with Crippen LogP contribution in [0.5, 0.6) is 23.0 Å². The van der Waals surface area contributed by atoms with Gasteiger partial charge < -0.3 is 18.9 Å². The van der Waals surface area contributed by atoms with Gasteiger partial charge in [0.2, 0.25) is 0 Å². The number of methoxy groups -OCH3 is 2. The number of carbonyl (C=O) groups is 2. The summed E-state index contributed by atoms with van der Waals surface area (Å²) >= 11 is 0. The summed E-state index contributed by atoms with van der Waals surface area (Å²) in [7, 11) is -1.65. The third-order valence-corrected chi connectivity index (χ3v) is 5.78. The van der Waals surface area contributed by atoms with Crippen molar-refractivity contribution in [1.82, 2.24) is 0 Å². The molecule has 0 radical (unpaired) electrons. The van der Waals surface area contributed by atoms with Crippen molar-refractivity contribution < 1.29 is 54.5 Å². The molecule has 0 saturated carbocycles. The zero-order valence-electron chi connectivity index (χ0n) is 22.5. The summed E-state index contributed by atoms with van der Waals surface area (Å²) in [5.41, 5.74) is 0.815. The highest BCUT2D eigenvalue weighted by Gasteiger charge is 2.17. The lowest BCUT2D eigenvalue weighted by atomic mass is 10.2. The van der Waals surface area contributed by atoms with E-state index in [2.05, 4.69) is 10.7 Å². The van der Waals surface area contributed by atoms with Crippen LogP contribution in [0, 0.1) is 0 Å². The molecule has 12 nitrogen and oxygen atoms in total. The van der Waals surface area contributed by atoms with E-state index >= 15 is 0 Å². The highest BCUT2D eigenvalue weighted by Crippen LogP contribution is 2.30. The molecule has 0 aliphatic heterocycles. The topological polar surface area (TPSA) is 180 Å². The Morgan fingerprint density at radius 3 is 1.37 bits per heavy atom. The normalized spacial score (nSPS) is 10.5. The molecule has 0 unspecified atom stereocenters. The summed E-state index contributed by atoms with van der Waals surface area (Å²) < 4.78 is 76.9. The van der Waals surface area contributed by atoms with Crippen LogP contribution in [0.2, 0.25) is 0 Å². The van der Waals surface area contributed by atoms with Crippen LogP contribution in [-0.2, 0) is 19.4 Å². The fraction of sp³-hybridized carbons (Fsp3) is 0.0714. The number of hydrogen-bond donors (Lipinski definition) is 2. The van der Waals surface area contributed by atoms with Gasteiger partial charge in [-0.05, 0) is 48.5 Å². The zero-order chi connectivity index (χ0) is 32.0. The van der Waals surface area contributed by atoms with Gasteiger partial charge in [-0.25, -0.2) is 9.59 Å². The smallest absolute Gasteiger partial charge is 0.353 e. The molecule has 0 fully saturated rings. The van der Waals surface area contributed by atoms with Crippen molar-refractivity contribution in [3.05, 3.63) is 114 Å². The van der Waals surface area contributed by atoms with Crippen LogP contribution in [0.15, 0.2) is 108 Å². The quantitative estimate of drug-likeness (QED) is 0.117. The monoisotopic (exact) mass is 652 g/mol. The first-order valence-corrected chi connectivity index (χ1v) is 15.4. The Bertz CT molecular complexity index is 1720. The number of rotatable bonds is 7. The highest BCUT2D eigenvalue weighted by molar-refractivity contribution is 8.09. The zero-order valence-corrected chi connectivity index (χ0v) is 24.9. The summed E-state index contributed by atoms with van der Waals surface area (Å²) in [6.07, 6.45) is 0. The molecule has 0 aliphatic carbocycles. The number of halogens is 1. The predicted octanol–water partition coefficient (Wildman–Crippen LogP) is 5.10. The highest BCUT2D eigenvalue weighted by atomic mass is 35.7. The molecule has 4 rings (SSSR count). The lowest BCUT2D eigenvalue weighted by Crippen LogP contribution is -2.10. The first kappa shape index (κ1) is 34.7. The Hall–Kier alpha value is -4.47. The molecule has 228 valence electrons. The minimum atomic E-state index is -4.40. The van der Waals surface area contributed by atoms with Gasteiger partial charge in [-0.1, -0.05) is 48.5 Å². The van der Waals surface area contributed by atoms with Gasteiger partial charge in [0.1, 0.15) is 0 Å². The molecule has 0 heterocycles. The molecule has 2 N–H and O–H groups in total. The summed E-state index contributed by atoms with van der Waals surface area (Å²) in [5, 5.41) is 0. The van der Waals surface area contributed by atoms with Gasteiger partial charge in [0.25, 0.3) is 10.1 Å². The molecule has 0 aromatic heterocycles. The lowest BCUT2D eigenvalue weighted by molar-refractivity contribution is 0.0720. The SMILES string of the molecule is COc1ccc(S(=O)(=O)O)cc1OC(=O)c1ccccc1.COc1ccccc1OC(=O)c1ccccc1.O=S(=O)(O)Cl. The van der Waals surface area contributed by atoms with Crippen molar-refractivity contribution in [3.8, 4) is 23.0 Å². The van der Waals surface area contributed by atoms with Crippen LogP contribution in [0.25, 0.3) is 0 Å². The standard InChI is InChI=1S/C14H12O6S.C14H12O3.ClHO3S/c1-19-12-8-7-11(21(16,17)18)9-13(12)20-14(15)10-5-3-2-4-6-10;1-16-12-9-5-6-10-13(12)17-14(15)11-7-3-2-4-8-11;1-5(2,3)4/h2-9H,1H3,(H,16,17,18);2-10H,1H3;(H,2,3,4). The minimum Gasteiger partial charge on any atom is -0.493 e. The van der Waals surface area contributed by atoms with Gasteiger partial charge in [0.05, 0.1) is 30.2 Å². The number of benzene rings is 4. The average Bonchev–Trinajstić information content (AvgIpc) is 2.97. The van der Waals surface area contributed by atoms with Crippen LogP contribution in [0.1, 0.15) is 20.7 Å². The first-order valence-electron chi connectivity index (χ1n) is 11.7. The predicted molar refractivity (Wildman–Crippen MR) is 156 cm³/mol. The van der Waals surface area contributed by atoms with Crippen molar-refractivity contribution >= 4 is 42.1 Å². The van der Waals surface area contributed by atoms with Crippen LogP contribution in [-0.4, -0.2) is 52.1 Å². The minimum absolute atomic E-state index is 0.0959. The average molecular weight is 653 g/mol. The van der Waals surface area contributed by atoms with Crippen molar-refractivity contribution in [2.24, 2.45) is 0 Å². The number of ether oxygens (including phenoxy) is 4. The Balaban J connectivity index is 0.000000264. The summed E-state index contributed by atoms with van der Waals surface area (Å²) in [5.74, 6) is -0.0229. The van der Waals surface area contributed by atoms with Crippen molar-refractivity contribution in [2.45, 2.75) is 4.90 Å². The maximum absolute atomic E-state index is 12.0. The molecule has 4 aromatic carbocycles. The van der Waals surface area contributed by atoms with Crippen LogP contribution in [0.4, 0.5) is 0 Å². The van der Waals surface area contributed by atoms with E-state index < -0.39 is 31.4 Å². The maximum Gasteiger partial charge on any atom is 0.353 e. The summed E-state index contributed by atoms with van der Waals surface area (Å²) in [6, 6.07) is 27.5. The van der Waals surface area contributed by atoms with Gasteiger partial charge in [-0.2, -0.15) is 16.8 Å². The van der Waals surface area contributed by atoms with Crippen LogP contribution in [0.3, 0.4) is 0 Å². The maximum atomic E-state index is 12.0. The van der Waals surface area contributed by atoms with E-state index in [0.29, 0.717) is 22.6 Å². The van der Waals surface area contributed by atoms with Gasteiger partial charge in [-0.15, -0.1) is 0 Å². The molecule has 15 heteroatoms. The molecular weight excluding hydrogens is 628 g/mol. The van der Waals surface area contributed by atoms with Crippen LogP contribution < -0.4 is 18.9 Å². The first-order chi connectivity index (χ1) is 20.2. The summed E-state index contributed by atoms with van der Waals surface area (Å²) in [4.78, 5) is 23.4. The van der Waals surface area contributed by atoms with E-state index in [1.54, 1.807) is 72.8 Å². The second-order valence-corrected chi connectivity index (χ2v) is 11.3. The Morgan fingerprint density at radius 2 is 0.953 bits per heavy atom. The molecule has 0 spiro atoms. The fourth-order valence-electron chi connectivity index (χ4n) is 3.07. The lowest BCUT2D eigenvalue weighted by Gasteiger charge is -2.10. The van der Waals surface area contributed by atoms with E-state index in [0.717, 1.165) is 12.1 Å². The van der Waals surface area contributed by atoms with E-state index in [-0.39, 0.29) is 16.4 Å². The Kier molecular flexibility index (Phi) is 13.1. The van der Waals surface area contributed by atoms with Gasteiger partial charge in [0, 0.05) is 16.7 Å². The third kappa shape index (κ3) is 12.5. The second kappa shape index (κ2) is 16.2. The van der Waals surface area contributed by atoms with Crippen LogP contribution >= 0.6 is 10.7 Å². The fourth-order valence-corrected chi connectivity index (χ4v) is 3.56. The van der Waals surface area contributed by atoms with Gasteiger partial charge in [0.15, 0.2) is 23.0 Å². The number of para-hydroxylation sites is 2. The molecule has 0 saturated heterocycles. The van der Waals surface area contributed by atoms with E-state index in [4.69, 9.17) is 36.5 Å². The molecule has 4 aromatic rings. The Labute approximate surface area is 252 Å². The molecular formula is C28H25ClO12S2. The second-order valence-electron chi connectivity index (χ2n) is 7.86. The van der Waals surface area contributed by atoms with E-state index in [9.17, 15) is 18.0 Å². The van der Waals surface area contributed by atoms with Gasteiger partial charge in [-0.3, -0.25) is 9.11 Å². The van der Waals surface area contributed by atoms with Crippen molar-refractivity contribution in [1.29, 1.82) is 0 Å². The number of esters is 2. The molecule has 0 bridgehead atoms. The van der Waals surface area contributed by atoms with E-state index in [1.165, 1.54) is 20.3 Å². The largest absolute Gasteiger partial charge is 0.493 e. The third-order valence-electron chi connectivity index (χ3n) is 4.93. The van der Waals surface area contributed by atoms with Gasteiger partial charge >= 0.3 is 21.3 Å². The van der Waals surface area contributed by atoms with Crippen molar-refractivity contribution in [3.63, 3.8) is 0 Å². The number of hydrogen-bond acceptors (Lipinski definition) is 10. The number of carbonyl (C=O) groups excluding carboxylic acids is 2. The molecule has 0 aliphatic rings. The molecule has 0 amide bonds. The summed E-state index contributed by atoms with van der Waals surface area (Å²) in [6.45, 7) is 0. The molecule has 43 heavy (non-hydrogen) atoms. The Morgan fingerprint density at radius 1 is 0.581 bits per heavy atom. The van der Waals surface area contributed by atoms with Crippen molar-refractivity contribution in [2.75, 3.05) is 14.2 Å². The van der Waals surface area contributed by atoms with E-state index in [1.807, 2.05) is 12.1 Å².